The third-order valence-electron chi connectivity index (χ3n) is 7.32. The lowest BCUT2D eigenvalue weighted by molar-refractivity contribution is -0.115. The number of amides is 1. The summed E-state index contributed by atoms with van der Waals surface area (Å²) in [4.78, 5) is 18.1. The maximum absolute atomic E-state index is 13.6. The molecule has 1 amide bonds. The van der Waals surface area contributed by atoms with Gasteiger partial charge < -0.3 is 4.74 Å². The molecule has 5 rings (SSSR count). The standard InChI is InChI=1S/C33H31ClN2O4S/c1-21-18-24(19-22(2)32(21)34)40-17-9-15-29-28-13-7-12-27(26-14-8-16-35-23(26)3)30(28)20-31(29)33(37)36-41(38,39)25-10-5-4-6-11-25/h4-8,10-14,16,18-19H,9,15,17,20H2,1-3H3,(H,36,37). The molecule has 41 heavy (non-hydrogen) atoms. The first-order chi connectivity index (χ1) is 19.7. The average Bonchev–Trinajstić information content (AvgIpc) is 3.33. The Morgan fingerprint density at radius 2 is 1.61 bits per heavy atom. The number of pyridine rings is 1. The summed E-state index contributed by atoms with van der Waals surface area (Å²) in [5, 5.41) is 0.728. The van der Waals surface area contributed by atoms with Gasteiger partial charge in [-0.3, -0.25) is 9.78 Å². The van der Waals surface area contributed by atoms with E-state index in [0.29, 0.717) is 31.4 Å². The first-order valence-electron chi connectivity index (χ1n) is 13.4. The number of hydrogen-bond donors (Lipinski definition) is 1. The number of aromatic nitrogens is 1. The number of ether oxygens (including phenoxy) is 1. The minimum atomic E-state index is -4.03. The summed E-state index contributed by atoms with van der Waals surface area (Å²) in [6, 6.07) is 21.6. The first-order valence-corrected chi connectivity index (χ1v) is 15.3. The van der Waals surface area contributed by atoms with Crippen LogP contribution in [0.25, 0.3) is 16.7 Å². The average molecular weight is 587 g/mol. The number of aryl methyl sites for hydroxylation is 3. The molecule has 1 aliphatic rings. The second-order valence-electron chi connectivity index (χ2n) is 10.2. The summed E-state index contributed by atoms with van der Waals surface area (Å²) in [6.45, 7) is 6.27. The van der Waals surface area contributed by atoms with Crippen molar-refractivity contribution >= 4 is 33.1 Å². The van der Waals surface area contributed by atoms with Crippen LogP contribution < -0.4 is 9.46 Å². The van der Waals surface area contributed by atoms with Gasteiger partial charge in [-0.25, -0.2) is 13.1 Å². The Kier molecular flexibility index (Phi) is 8.29. The quantitative estimate of drug-likeness (QED) is 0.213. The lowest BCUT2D eigenvalue weighted by atomic mass is 9.93. The van der Waals surface area contributed by atoms with Crippen LogP contribution in [0.5, 0.6) is 5.75 Å². The van der Waals surface area contributed by atoms with Gasteiger partial charge >= 0.3 is 0 Å². The summed E-state index contributed by atoms with van der Waals surface area (Å²) < 4.78 is 34.4. The molecular formula is C33H31ClN2O4S. The number of fused-ring (bicyclic) bond motifs is 1. The van der Waals surface area contributed by atoms with E-state index in [1.165, 1.54) is 12.1 Å². The van der Waals surface area contributed by atoms with Gasteiger partial charge in [-0.1, -0.05) is 54.1 Å². The molecule has 3 aromatic carbocycles. The largest absolute Gasteiger partial charge is 0.494 e. The predicted octanol–water partition coefficient (Wildman–Crippen LogP) is 7.00. The molecule has 0 saturated carbocycles. The number of benzene rings is 3. The molecule has 1 aliphatic carbocycles. The van der Waals surface area contributed by atoms with E-state index in [1.54, 1.807) is 24.4 Å². The van der Waals surface area contributed by atoms with Crippen molar-refractivity contribution < 1.29 is 17.9 Å². The summed E-state index contributed by atoms with van der Waals surface area (Å²) in [6.07, 6.45) is 3.25. The molecule has 0 saturated heterocycles. The molecule has 0 radical (unpaired) electrons. The van der Waals surface area contributed by atoms with E-state index in [4.69, 9.17) is 16.3 Å². The van der Waals surface area contributed by atoms with E-state index in [2.05, 4.69) is 9.71 Å². The normalized spacial score (nSPS) is 12.8. The molecule has 1 aromatic heterocycles. The molecule has 8 heteroatoms. The summed E-state index contributed by atoms with van der Waals surface area (Å²) in [5.41, 5.74) is 7.98. The lowest BCUT2D eigenvalue weighted by Crippen LogP contribution is -2.32. The van der Waals surface area contributed by atoms with Crippen LogP contribution >= 0.6 is 11.6 Å². The maximum Gasteiger partial charge on any atom is 0.264 e. The summed E-state index contributed by atoms with van der Waals surface area (Å²) in [7, 11) is -4.03. The van der Waals surface area contributed by atoms with Gasteiger partial charge in [0.05, 0.1) is 11.5 Å². The van der Waals surface area contributed by atoms with Crippen LogP contribution in [0.2, 0.25) is 5.02 Å². The first kappa shape index (κ1) is 28.6. The number of carbonyl (C=O) groups excluding carboxylic acids is 1. The van der Waals surface area contributed by atoms with E-state index >= 15 is 0 Å². The monoisotopic (exact) mass is 586 g/mol. The Bertz CT molecular complexity index is 1740. The van der Waals surface area contributed by atoms with Crippen LogP contribution in [0.4, 0.5) is 0 Å². The fourth-order valence-electron chi connectivity index (χ4n) is 5.30. The second-order valence-corrected chi connectivity index (χ2v) is 12.2. The molecule has 0 atom stereocenters. The van der Waals surface area contributed by atoms with E-state index in [0.717, 1.165) is 55.4 Å². The molecule has 210 valence electrons. The highest BCUT2D eigenvalue weighted by atomic mass is 35.5. The minimum absolute atomic E-state index is 0.0413. The van der Waals surface area contributed by atoms with Gasteiger partial charge in [-0.15, -0.1) is 0 Å². The number of hydrogen-bond acceptors (Lipinski definition) is 5. The zero-order chi connectivity index (χ0) is 29.1. The van der Waals surface area contributed by atoms with Crippen molar-refractivity contribution in [2.45, 2.75) is 44.9 Å². The predicted molar refractivity (Wildman–Crippen MR) is 162 cm³/mol. The van der Waals surface area contributed by atoms with E-state index in [9.17, 15) is 13.2 Å². The molecule has 0 fully saturated rings. The van der Waals surface area contributed by atoms with Gasteiger partial charge in [-0.05, 0) is 97.3 Å². The Morgan fingerprint density at radius 1 is 0.927 bits per heavy atom. The van der Waals surface area contributed by atoms with Gasteiger partial charge in [-0.2, -0.15) is 0 Å². The lowest BCUT2D eigenvalue weighted by Gasteiger charge is -2.13. The number of sulfonamides is 1. The zero-order valence-electron chi connectivity index (χ0n) is 23.2. The number of allylic oxidation sites excluding steroid dienone is 1. The fourth-order valence-corrected chi connectivity index (χ4v) is 6.41. The van der Waals surface area contributed by atoms with Crippen LogP contribution in [0.3, 0.4) is 0 Å². The van der Waals surface area contributed by atoms with Gasteiger partial charge in [0.15, 0.2) is 0 Å². The molecule has 0 aliphatic heterocycles. The molecule has 1 N–H and O–H groups in total. The summed E-state index contributed by atoms with van der Waals surface area (Å²) >= 11 is 6.30. The SMILES string of the molecule is Cc1cc(OCCCC2=C(C(=O)NS(=O)(=O)c3ccccc3)Cc3c2cccc3-c2cccnc2C)cc(C)c1Cl. The number of halogens is 1. The number of rotatable bonds is 9. The van der Waals surface area contributed by atoms with Crippen molar-refractivity contribution in [1.29, 1.82) is 0 Å². The topological polar surface area (TPSA) is 85.4 Å². The van der Waals surface area contributed by atoms with Gasteiger partial charge in [0.1, 0.15) is 5.75 Å². The second kappa shape index (κ2) is 11.9. The van der Waals surface area contributed by atoms with Crippen LogP contribution in [0.15, 0.2) is 89.5 Å². The van der Waals surface area contributed by atoms with E-state index in [-0.39, 0.29) is 4.90 Å². The Hall–Kier alpha value is -3.94. The van der Waals surface area contributed by atoms with Crippen LogP contribution in [0.1, 0.15) is 40.8 Å². The van der Waals surface area contributed by atoms with Crippen LogP contribution in [-0.4, -0.2) is 25.9 Å². The van der Waals surface area contributed by atoms with Crippen molar-refractivity contribution in [3.8, 4) is 16.9 Å². The highest BCUT2D eigenvalue weighted by Crippen LogP contribution is 2.41. The van der Waals surface area contributed by atoms with Crippen LogP contribution in [-0.2, 0) is 21.2 Å². The molecule has 0 bridgehead atoms. The Labute approximate surface area is 246 Å². The maximum atomic E-state index is 13.6. The van der Waals surface area contributed by atoms with Gasteiger partial charge in [0.25, 0.3) is 15.9 Å². The highest BCUT2D eigenvalue weighted by molar-refractivity contribution is 7.90. The molecule has 0 spiro atoms. The third-order valence-corrected chi connectivity index (χ3v) is 9.26. The third kappa shape index (κ3) is 6.06. The fraction of sp³-hybridized carbons (Fsp3) is 0.212. The number of nitrogens with one attached hydrogen (secondary N) is 1. The smallest absolute Gasteiger partial charge is 0.264 e. The Balaban J connectivity index is 1.44. The van der Waals surface area contributed by atoms with Gasteiger partial charge in [0, 0.05) is 34.5 Å². The van der Waals surface area contributed by atoms with E-state index in [1.807, 2.05) is 63.2 Å². The number of nitrogens with zero attached hydrogens (tertiary/aromatic N) is 1. The van der Waals surface area contributed by atoms with Crippen molar-refractivity contribution in [2.24, 2.45) is 0 Å². The minimum Gasteiger partial charge on any atom is -0.494 e. The molecular weight excluding hydrogens is 556 g/mol. The van der Waals surface area contributed by atoms with Crippen molar-refractivity contribution in [2.75, 3.05) is 6.61 Å². The van der Waals surface area contributed by atoms with Gasteiger partial charge in [0.2, 0.25) is 0 Å². The van der Waals surface area contributed by atoms with Crippen LogP contribution in [0, 0.1) is 20.8 Å². The molecule has 6 nitrogen and oxygen atoms in total. The molecule has 4 aromatic rings. The van der Waals surface area contributed by atoms with Crippen molar-refractivity contribution in [1.82, 2.24) is 9.71 Å². The van der Waals surface area contributed by atoms with Crippen molar-refractivity contribution in [3.63, 3.8) is 0 Å². The van der Waals surface area contributed by atoms with E-state index < -0.39 is 15.9 Å². The van der Waals surface area contributed by atoms with Crippen molar-refractivity contribution in [3.05, 3.63) is 118 Å². The highest BCUT2D eigenvalue weighted by Gasteiger charge is 2.30. The molecule has 1 heterocycles. The summed E-state index contributed by atoms with van der Waals surface area (Å²) in [5.74, 6) is 0.130. The zero-order valence-corrected chi connectivity index (χ0v) is 24.8. The Morgan fingerprint density at radius 3 is 2.32 bits per heavy atom. The molecule has 0 unspecified atom stereocenters. The number of carbonyl (C=O) groups is 1.